The lowest BCUT2D eigenvalue weighted by Gasteiger charge is -2.31. The van der Waals surface area contributed by atoms with Gasteiger partial charge in [-0.2, -0.15) is 0 Å². The molecule has 2 aromatic heterocycles. The van der Waals surface area contributed by atoms with Crippen molar-refractivity contribution < 1.29 is 4.74 Å². The summed E-state index contributed by atoms with van der Waals surface area (Å²) in [4.78, 5) is 20.9. The minimum Gasteiger partial charge on any atom is -0.493 e. The van der Waals surface area contributed by atoms with Crippen molar-refractivity contribution in [2.75, 3.05) is 26.2 Å². The predicted molar refractivity (Wildman–Crippen MR) is 144 cm³/mol. The van der Waals surface area contributed by atoms with Gasteiger partial charge in [-0.15, -0.1) is 11.3 Å². The molecule has 1 aliphatic heterocycles. The van der Waals surface area contributed by atoms with E-state index in [1.807, 2.05) is 43.6 Å². The Hall–Kier alpha value is -3.16. The molecule has 0 radical (unpaired) electrons. The Morgan fingerprint density at radius 1 is 1.17 bits per heavy atom. The Bertz CT molecular complexity index is 1350. The number of piperidine rings is 1. The van der Waals surface area contributed by atoms with E-state index in [0.29, 0.717) is 17.6 Å². The second kappa shape index (κ2) is 10.6. The van der Waals surface area contributed by atoms with Crippen LogP contribution in [0.25, 0.3) is 21.5 Å². The van der Waals surface area contributed by atoms with E-state index in [4.69, 9.17) is 9.73 Å². The van der Waals surface area contributed by atoms with Crippen LogP contribution in [-0.4, -0.2) is 51.8 Å². The van der Waals surface area contributed by atoms with Gasteiger partial charge in [-0.1, -0.05) is 25.1 Å². The molecule has 5 rings (SSSR count). The minimum absolute atomic E-state index is 0.591. The molecular weight excluding hydrogens is 454 g/mol. The third kappa shape index (κ3) is 5.74. The monoisotopic (exact) mass is 485 g/mol. The fourth-order valence-electron chi connectivity index (χ4n) is 4.61. The molecule has 0 saturated carbocycles. The summed E-state index contributed by atoms with van der Waals surface area (Å²) in [5.41, 5.74) is 6.71. The summed E-state index contributed by atoms with van der Waals surface area (Å²) in [7, 11) is 0. The Morgan fingerprint density at radius 2 is 2.09 bits per heavy atom. The van der Waals surface area contributed by atoms with E-state index in [2.05, 4.69) is 51.0 Å². The Morgan fingerprint density at radius 3 is 2.97 bits per heavy atom. The van der Waals surface area contributed by atoms with Crippen molar-refractivity contribution in [3.05, 3.63) is 65.4 Å². The van der Waals surface area contributed by atoms with Gasteiger partial charge in [-0.05, 0) is 69.6 Å². The fraction of sp³-hybridized carbons (Fsp3) is 0.357. The normalized spacial score (nSPS) is 17.1. The maximum atomic E-state index is 6.19. The van der Waals surface area contributed by atoms with E-state index in [-0.39, 0.29) is 0 Å². The second-order valence-corrected chi connectivity index (χ2v) is 10.0. The lowest BCUT2D eigenvalue weighted by molar-refractivity contribution is 0.135. The smallest absolute Gasteiger partial charge is 0.156 e. The summed E-state index contributed by atoms with van der Waals surface area (Å²) in [5, 5.41) is 0. The topological polar surface area (TPSA) is 63.5 Å². The number of nitrogens with zero attached hydrogens (tertiary/aromatic N) is 5. The molecule has 0 bridgehead atoms. The van der Waals surface area contributed by atoms with Crippen LogP contribution in [0.3, 0.4) is 0 Å². The number of likely N-dealkylation sites (tertiary alicyclic amines) is 1. The largest absolute Gasteiger partial charge is 0.493 e. The van der Waals surface area contributed by atoms with Gasteiger partial charge < -0.3 is 9.64 Å². The summed E-state index contributed by atoms with van der Waals surface area (Å²) >= 11 is 1.63. The van der Waals surface area contributed by atoms with E-state index in [1.54, 1.807) is 11.3 Å². The van der Waals surface area contributed by atoms with E-state index < -0.39 is 0 Å². The molecule has 7 heteroatoms. The molecule has 0 aliphatic carbocycles. The number of rotatable bonds is 7. The standard InChI is InChI=1S/C28H31N5OS/c1-4-33-12-6-7-21(16-33)17-34-24-9-5-8-22(13-24)19(2)30-28-15-26(31-20(3)32-28)23-10-11-25-27(14-23)35-18-29-25/h5,8-11,13-15,18,21H,4,6-7,12,16-17H2,1-3H3. The zero-order valence-corrected chi connectivity index (χ0v) is 21.4. The van der Waals surface area contributed by atoms with E-state index in [9.17, 15) is 0 Å². The fourth-order valence-corrected chi connectivity index (χ4v) is 5.32. The molecule has 6 nitrogen and oxygen atoms in total. The first-order valence-corrected chi connectivity index (χ1v) is 13.2. The van der Waals surface area contributed by atoms with Gasteiger partial charge in [-0.3, -0.25) is 0 Å². The molecule has 1 unspecified atom stereocenters. The quantitative estimate of drug-likeness (QED) is 0.287. The van der Waals surface area contributed by atoms with Gasteiger partial charge in [0.05, 0.1) is 28.0 Å². The third-order valence-corrected chi connectivity index (χ3v) is 7.31. The van der Waals surface area contributed by atoms with Crippen molar-refractivity contribution >= 4 is 33.1 Å². The number of fused-ring (bicyclic) bond motifs is 1. The zero-order valence-electron chi connectivity index (χ0n) is 20.6. The van der Waals surface area contributed by atoms with Gasteiger partial charge in [0.15, 0.2) is 5.82 Å². The van der Waals surface area contributed by atoms with Crippen molar-refractivity contribution in [2.24, 2.45) is 10.9 Å². The molecule has 1 fully saturated rings. The molecule has 4 aromatic rings. The average Bonchev–Trinajstić information content (AvgIpc) is 3.35. The van der Waals surface area contributed by atoms with Crippen LogP contribution in [0.1, 0.15) is 38.1 Å². The lowest BCUT2D eigenvalue weighted by Crippen LogP contribution is -2.37. The van der Waals surface area contributed by atoms with Gasteiger partial charge >= 0.3 is 0 Å². The number of benzene rings is 2. The van der Waals surface area contributed by atoms with Crippen LogP contribution in [0.2, 0.25) is 0 Å². The van der Waals surface area contributed by atoms with Crippen molar-refractivity contribution in [3.8, 4) is 17.0 Å². The van der Waals surface area contributed by atoms with Crippen molar-refractivity contribution in [3.63, 3.8) is 0 Å². The summed E-state index contributed by atoms with van der Waals surface area (Å²) in [6, 6.07) is 16.4. The van der Waals surface area contributed by atoms with Gasteiger partial charge in [0.25, 0.3) is 0 Å². The number of aromatic nitrogens is 3. The Kier molecular flexibility index (Phi) is 7.16. The molecule has 180 valence electrons. The maximum Gasteiger partial charge on any atom is 0.156 e. The molecular formula is C28H31N5OS. The highest BCUT2D eigenvalue weighted by molar-refractivity contribution is 7.16. The molecule has 1 atom stereocenters. The van der Waals surface area contributed by atoms with Crippen molar-refractivity contribution in [1.29, 1.82) is 0 Å². The van der Waals surface area contributed by atoms with Crippen LogP contribution < -0.4 is 4.74 Å². The van der Waals surface area contributed by atoms with Gasteiger partial charge in [-0.25, -0.2) is 19.9 Å². The molecule has 3 heterocycles. The zero-order chi connectivity index (χ0) is 24.2. The van der Waals surface area contributed by atoms with E-state index >= 15 is 0 Å². The summed E-state index contributed by atoms with van der Waals surface area (Å²) in [6.07, 6.45) is 2.49. The molecule has 0 spiro atoms. The van der Waals surface area contributed by atoms with Crippen LogP contribution in [-0.2, 0) is 0 Å². The van der Waals surface area contributed by atoms with E-state index in [1.165, 1.54) is 19.4 Å². The predicted octanol–water partition coefficient (Wildman–Crippen LogP) is 6.31. The number of hydrogen-bond donors (Lipinski definition) is 0. The molecule has 0 N–H and O–H groups in total. The van der Waals surface area contributed by atoms with Gasteiger partial charge in [0.1, 0.15) is 11.6 Å². The maximum absolute atomic E-state index is 6.19. The first-order chi connectivity index (χ1) is 17.1. The first-order valence-electron chi connectivity index (χ1n) is 12.3. The first kappa shape index (κ1) is 23.6. The molecule has 2 aromatic carbocycles. The summed E-state index contributed by atoms with van der Waals surface area (Å²) in [5.74, 6) is 2.84. The third-order valence-electron chi connectivity index (χ3n) is 6.52. The Labute approximate surface area is 210 Å². The average molecular weight is 486 g/mol. The van der Waals surface area contributed by atoms with Crippen molar-refractivity contribution in [2.45, 2.75) is 33.6 Å². The summed E-state index contributed by atoms with van der Waals surface area (Å²) < 4.78 is 7.34. The lowest BCUT2D eigenvalue weighted by atomic mass is 9.99. The molecule has 1 aliphatic rings. The van der Waals surface area contributed by atoms with Gasteiger partial charge in [0, 0.05) is 29.8 Å². The van der Waals surface area contributed by atoms with Crippen LogP contribution in [0.4, 0.5) is 5.82 Å². The number of thiazole rings is 1. The molecule has 1 saturated heterocycles. The second-order valence-electron chi connectivity index (χ2n) is 9.13. The van der Waals surface area contributed by atoms with Crippen LogP contribution >= 0.6 is 11.3 Å². The Balaban J connectivity index is 1.33. The number of aliphatic imine (C=N–C) groups is 1. The highest BCUT2D eigenvalue weighted by atomic mass is 32.1. The molecule has 35 heavy (non-hydrogen) atoms. The van der Waals surface area contributed by atoms with Crippen LogP contribution in [0.15, 0.2) is 59.0 Å². The van der Waals surface area contributed by atoms with Crippen LogP contribution in [0.5, 0.6) is 5.75 Å². The number of aryl methyl sites for hydroxylation is 1. The SMILES string of the molecule is CCN1CCCC(COc2cccc(C(C)=Nc3cc(-c4ccc5ncsc5c4)nc(C)n3)c2)C1. The summed E-state index contributed by atoms with van der Waals surface area (Å²) in [6.45, 7) is 10.4. The number of ether oxygens (including phenoxy) is 1. The van der Waals surface area contributed by atoms with Gasteiger partial charge in [0.2, 0.25) is 0 Å². The van der Waals surface area contributed by atoms with Crippen molar-refractivity contribution in [1.82, 2.24) is 19.9 Å². The van der Waals surface area contributed by atoms with E-state index in [0.717, 1.165) is 58.2 Å². The highest BCUT2D eigenvalue weighted by Gasteiger charge is 2.19. The number of hydrogen-bond acceptors (Lipinski definition) is 7. The minimum atomic E-state index is 0.591. The molecule has 0 amide bonds. The van der Waals surface area contributed by atoms with Crippen LogP contribution in [0, 0.1) is 12.8 Å². The highest BCUT2D eigenvalue weighted by Crippen LogP contribution is 2.27.